The molecule has 2 aromatic rings. The first-order valence-electron chi connectivity index (χ1n) is 7.64. The van der Waals surface area contributed by atoms with Gasteiger partial charge in [-0.05, 0) is 24.3 Å². The van der Waals surface area contributed by atoms with Crippen LogP contribution in [-0.4, -0.2) is 30.6 Å². The first-order chi connectivity index (χ1) is 10.7. The van der Waals surface area contributed by atoms with Gasteiger partial charge in [0.15, 0.2) is 0 Å². The summed E-state index contributed by atoms with van der Waals surface area (Å²) in [6, 6.07) is 10.0. The Hall–Kier alpha value is -1.40. The third-order valence-corrected chi connectivity index (χ3v) is 4.49. The van der Waals surface area contributed by atoms with Crippen molar-refractivity contribution in [3.8, 4) is 0 Å². The average molecular weight is 372 g/mol. The maximum Gasteiger partial charge on any atom is 0.227 e. The number of nitrogens with zero attached hydrogens (tertiary/aromatic N) is 1. The topological polar surface area (TPSA) is 77.2 Å². The number of rotatable bonds is 4. The Morgan fingerprint density at radius 2 is 1.92 bits per heavy atom. The SMILES string of the molecule is Cl.Cl.NCC1(C(=O)NCc2nccc3ccccc23)CCOCC1. The van der Waals surface area contributed by atoms with Crippen molar-refractivity contribution in [2.24, 2.45) is 11.1 Å². The molecule has 3 N–H and O–H groups in total. The smallest absolute Gasteiger partial charge is 0.227 e. The lowest BCUT2D eigenvalue weighted by Gasteiger charge is -2.34. The lowest BCUT2D eigenvalue weighted by molar-refractivity contribution is -0.136. The summed E-state index contributed by atoms with van der Waals surface area (Å²) in [5, 5.41) is 5.21. The normalized spacial score (nSPS) is 15.9. The molecular weight excluding hydrogens is 349 g/mol. The third kappa shape index (κ3) is 4.16. The number of benzene rings is 1. The number of ether oxygens (including phenoxy) is 1. The second kappa shape index (κ2) is 9.18. The molecule has 1 aliphatic heterocycles. The summed E-state index contributed by atoms with van der Waals surface area (Å²) in [5.41, 5.74) is 6.25. The number of amides is 1. The van der Waals surface area contributed by atoms with Crippen LogP contribution < -0.4 is 11.1 Å². The van der Waals surface area contributed by atoms with E-state index in [0.29, 0.717) is 39.1 Å². The monoisotopic (exact) mass is 371 g/mol. The highest BCUT2D eigenvalue weighted by Gasteiger charge is 2.38. The van der Waals surface area contributed by atoms with Crippen molar-refractivity contribution in [3.63, 3.8) is 0 Å². The van der Waals surface area contributed by atoms with E-state index < -0.39 is 5.41 Å². The Morgan fingerprint density at radius 1 is 1.21 bits per heavy atom. The molecule has 0 unspecified atom stereocenters. The molecule has 0 bridgehead atoms. The van der Waals surface area contributed by atoms with E-state index in [1.165, 1.54) is 0 Å². The van der Waals surface area contributed by atoms with E-state index in [0.717, 1.165) is 16.5 Å². The predicted octanol–water partition coefficient (Wildman–Crippen LogP) is 2.45. The Morgan fingerprint density at radius 3 is 2.62 bits per heavy atom. The number of hydrogen-bond acceptors (Lipinski definition) is 4. The molecule has 5 nitrogen and oxygen atoms in total. The minimum absolute atomic E-state index is 0. The zero-order valence-corrected chi connectivity index (χ0v) is 15.0. The standard InChI is InChI=1S/C17H21N3O2.2ClH/c18-12-17(6-9-22-10-7-17)16(21)20-11-15-14-4-2-1-3-13(14)5-8-19-15;;/h1-5,8H,6-7,9-12,18H2,(H,20,21);2*1H. The molecule has 1 aliphatic rings. The lowest BCUT2D eigenvalue weighted by Crippen LogP contribution is -2.49. The van der Waals surface area contributed by atoms with Crippen molar-refractivity contribution in [1.29, 1.82) is 0 Å². The Kier molecular flexibility index (Phi) is 7.90. The molecule has 0 radical (unpaired) electrons. The fraction of sp³-hybridized carbons (Fsp3) is 0.412. The number of pyridine rings is 1. The van der Waals surface area contributed by atoms with Crippen LogP contribution in [0.5, 0.6) is 0 Å². The van der Waals surface area contributed by atoms with E-state index in [1.54, 1.807) is 6.20 Å². The first kappa shape index (κ1) is 20.6. The quantitative estimate of drug-likeness (QED) is 0.864. The molecule has 7 heteroatoms. The number of fused-ring (bicyclic) bond motifs is 1. The molecule has 1 aromatic heterocycles. The van der Waals surface area contributed by atoms with Gasteiger partial charge in [-0.2, -0.15) is 0 Å². The van der Waals surface area contributed by atoms with Crippen LogP contribution in [0, 0.1) is 5.41 Å². The van der Waals surface area contributed by atoms with Gasteiger partial charge in [0, 0.05) is 31.3 Å². The first-order valence-corrected chi connectivity index (χ1v) is 7.64. The van der Waals surface area contributed by atoms with Crippen molar-refractivity contribution < 1.29 is 9.53 Å². The molecule has 1 aromatic carbocycles. The fourth-order valence-electron chi connectivity index (χ4n) is 2.96. The van der Waals surface area contributed by atoms with E-state index >= 15 is 0 Å². The average Bonchev–Trinajstić information content (AvgIpc) is 2.60. The number of hydrogen-bond donors (Lipinski definition) is 2. The van der Waals surface area contributed by atoms with Crippen molar-refractivity contribution in [1.82, 2.24) is 10.3 Å². The fourth-order valence-corrected chi connectivity index (χ4v) is 2.96. The van der Waals surface area contributed by atoms with Gasteiger partial charge in [-0.3, -0.25) is 9.78 Å². The molecule has 3 rings (SSSR count). The number of nitrogens with one attached hydrogen (secondary N) is 1. The van der Waals surface area contributed by atoms with E-state index in [2.05, 4.69) is 10.3 Å². The molecule has 0 saturated carbocycles. The van der Waals surface area contributed by atoms with Crippen LogP contribution in [0.2, 0.25) is 0 Å². The molecular formula is C17H23Cl2N3O2. The predicted molar refractivity (Wildman–Crippen MR) is 99.6 cm³/mol. The zero-order chi connectivity index (χ0) is 15.4. The Bertz CT molecular complexity index is 670. The summed E-state index contributed by atoms with van der Waals surface area (Å²) in [6.07, 6.45) is 3.13. The van der Waals surface area contributed by atoms with E-state index in [-0.39, 0.29) is 30.7 Å². The lowest BCUT2D eigenvalue weighted by atomic mass is 9.79. The van der Waals surface area contributed by atoms with Gasteiger partial charge < -0.3 is 15.8 Å². The second-order valence-electron chi connectivity index (χ2n) is 5.76. The van der Waals surface area contributed by atoms with Gasteiger partial charge in [-0.1, -0.05) is 24.3 Å². The molecule has 1 amide bonds. The maximum absolute atomic E-state index is 12.6. The van der Waals surface area contributed by atoms with Gasteiger partial charge in [-0.15, -0.1) is 24.8 Å². The number of nitrogens with two attached hydrogens (primary N) is 1. The molecule has 132 valence electrons. The van der Waals surface area contributed by atoms with Gasteiger partial charge in [-0.25, -0.2) is 0 Å². The summed E-state index contributed by atoms with van der Waals surface area (Å²) in [5.74, 6) is 0.00744. The van der Waals surface area contributed by atoms with Crippen LogP contribution in [0.4, 0.5) is 0 Å². The molecule has 0 atom stereocenters. The molecule has 0 spiro atoms. The zero-order valence-electron chi connectivity index (χ0n) is 13.4. The van der Waals surface area contributed by atoms with Gasteiger partial charge in [0.25, 0.3) is 0 Å². The number of carbonyl (C=O) groups is 1. The highest BCUT2D eigenvalue weighted by molar-refractivity contribution is 5.86. The molecule has 1 fully saturated rings. The van der Waals surface area contributed by atoms with Crippen LogP contribution in [0.15, 0.2) is 36.5 Å². The van der Waals surface area contributed by atoms with Crippen molar-refractivity contribution in [2.75, 3.05) is 19.8 Å². The summed E-state index contributed by atoms with van der Waals surface area (Å²) in [6.45, 7) is 1.96. The van der Waals surface area contributed by atoms with E-state index in [1.807, 2.05) is 30.3 Å². The van der Waals surface area contributed by atoms with E-state index in [4.69, 9.17) is 10.5 Å². The minimum Gasteiger partial charge on any atom is -0.381 e. The van der Waals surface area contributed by atoms with Crippen LogP contribution in [0.1, 0.15) is 18.5 Å². The van der Waals surface area contributed by atoms with E-state index in [9.17, 15) is 4.79 Å². The van der Waals surface area contributed by atoms with Crippen LogP contribution in [-0.2, 0) is 16.1 Å². The van der Waals surface area contributed by atoms with Crippen LogP contribution >= 0.6 is 24.8 Å². The highest BCUT2D eigenvalue weighted by atomic mass is 35.5. The van der Waals surface area contributed by atoms with Gasteiger partial charge in [0.05, 0.1) is 17.7 Å². The Balaban J connectivity index is 0.00000144. The van der Waals surface area contributed by atoms with Crippen molar-refractivity contribution in [2.45, 2.75) is 19.4 Å². The second-order valence-corrected chi connectivity index (χ2v) is 5.76. The third-order valence-electron chi connectivity index (χ3n) is 4.49. The number of halogens is 2. The summed E-state index contributed by atoms with van der Waals surface area (Å²) >= 11 is 0. The van der Waals surface area contributed by atoms with Crippen LogP contribution in [0.25, 0.3) is 10.8 Å². The maximum atomic E-state index is 12.6. The summed E-state index contributed by atoms with van der Waals surface area (Å²) in [7, 11) is 0. The summed E-state index contributed by atoms with van der Waals surface area (Å²) in [4.78, 5) is 17.0. The molecule has 2 heterocycles. The number of carbonyl (C=O) groups excluding carboxylic acids is 1. The molecule has 1 saturated heterocycles. The number of aromatic nitrogens is 1. The van der Waals surface area contributed by atoms with Crippen LogP contribution in [0.3, 0.4) is 0 Å². The highest BCUT2D eigenvalue weighted by Crippen LogP contribution is 2.29. The van der Waals surface area contributed by atoms with Crippen molar-refractivity contribution in [3.05, 3.63) is 42.2 Å². The van der Waals surface area contributed by atoms with Gasteiger partial charge in [0.2, 0.25) is 5.91 Å². The summed E-state index contributed by atoms with van der Waals surface area (Å²) < 4.78 is 5.35. The van der Waals surface area contributed by atoms with Gasteiger partial charge in [0.1, 0.15) is 0 Å². The molecule has 0 aliphatic carbocycles. The minimum atomic E-state index is -0.497. The van der Waals surface area contributed by atoms with Gasteiger partial charge >= 0.3 is 0 Å². The largest absolute Gasteiger partial charge is 0.381 e. The molecule has 24 heavy (non-hydrogen) atoms. The van der Waals surface area contributed by atoms with Crippen molar-refractivity contribution >= 4 is 41.5 Å². The Labute approximate surface area is 154 Å².